The molecule has 1 fully saturated rings. The fourth-order valence-electron chi connectivity index (χ4n) is 3.43. The molecule has 0 amide bonds. The number of nitrogens with zero attached hydrogens (tertiary/aromatic N) is 1. The maximum Gasteiger partial charge on any atom is 0.137 e. The van der Waals surface area contributed by atoms with Gasteiger partial charge in [0.15, 0.2) is 0 Å². The van der Waals surface area contributed by atoms with Crippen molar-refractivity contribution in [3.8, 4) is 0 Å². The first-order valence-electron chi connectivity index (χ1n) is 9.58. The van der Waals surface area contributed by atoms with Gasteiger partial charge >= 0.3 is 0 Å². The summed E-state index contributed by atoms with van der Waals surface area (Å²) >= 11 is 0. The van der Waals surface area contributed by atoms with E-state index in [0.717, 1.165) is 19.5 Å². The minimum atomic E-state index is 0.214. The van der Waals surface area contributed by atoms with Gasteiger partial charge in [0.2, 0.25) is 0 Å². The predicted molar refractivity (Wildman–Crippen MR) is 91.7 cm³/mol. The molecule has 0 spiro atoms. The number of hydrogen-bond acceptors (Lipinski definition) is 2. The van der Waals surface area contributed by atoms with Crippen molar-refractivity contribution in [2.24, 2.45) is 0 Å². The van der Waals surface area contributed by atoms with Crippen LogP contribution in [0.1, 0.15) is 96.8 Å². The van der Waals surface area contributed by atoms with Gasteiger partial charge in [0.25, 0.3) is 0 Å². The van der Waals surface area contributed by atoms with Crippen molar-refractivity contribution < 1.29 is 4.79 Å². The van der Waals surface area contributed by atoms with Crippen molar-refractivity contribution in [3.63, 3.8) is 0 Å². The molecule has 1 saturated heterocycles. The van der Waals surface area contributed by atoms with Gasteiger partial charge in [0.1, 0.15) is 6.29 Å². The SMILES string of the molecule is CCCCCCCCCCCCN1CCCCCC1C=O. The smallest absolute Gasteiger partial charge is 0.137 e. The number of likely N-dealkylation sites (tertiary alicyclic amines) is 1. The average Bonchev–Trinajstić information content (AvgIpc) is 2.74. The molecule has 0 aromatic heterocycles. The molecule has 1 unspecified atom stereocenters. The van der Waals surface area contributed by atoms with Gasteiger partial charge in [-0.2, -0.15) is 0 Å². The van der Waals surface area contributed by atoms with E-state index < -0.39 is 0 Å². The number of carbonyl (C=O) groups excluding carboxylic acids is 1. The van der Waals surface area contributed by atoms with Gasteiger partial charge < -0.3 is 4.79 Å². The lowest BCUT2D eigenvalue weighted by Gasteiger charge is -2.25. The fourth-order valence-corrected chi connectivity index (χ4v) is 3.43. The summed E-state index contributed by atoms with van der Waals surface area (Å²) in [4.78, 5) is 13.6. The Hall–Kier alpha value is -0.370. The van der Waals surface area contributed by atoms with E-state index >= 15 is 0 Å². The highest BCUT2D eigenvalue weighted by atomic mass is 16.1. The summed E-state index contributed by atoms with van der Waals surface area (Å²) in [5, 5.41) is 0. The monoisotopic (exact) mass is 295 g/mol. The molecule has 2 heteroatoms. The first-order valence-corrected chi connectivity index (χ1v) is 9.58. The molecule has 2 nitrogen and oxygen atoms in total. The maximum atomic E-state index is 11.2. The van der Waals surface area contributed by atoms with Crippen molar-refractivity contribution in [1.82, 2.24) is 4.90 Å². The third kappa shape index (κ3) is 9.29. The van der Waals surface area contributed by atoms with Gasteiger partial charge in [-0.05, 0) is 32.4 Å². The second-order valence-corrected chi connectivity index (χ2v) is 6.77. The van der Waals surface area contributed by atoms with Crippen LogP contribution in [-0.4, -0.2) is 30.3 Å². The summed E-state index contributed by atoms with van der Waals surface area (Å²) in [5.41, 5.74) is 0. The lowest BCUT2D eigenvalue weighted by Crippen LogP contribution is -2.36. The lowest BCUT2D eigenvalue weighted by atomic mass is 10.1. The topological polar surface area (TPSA) is 20.3 Å². The van der Waals surface area contributed by atoms with E-state index in [2.05, 4.69) is 11.8 Å². The Labute approximate surface area is 132 Å². The minimum Gasteiger partial charge on any atom is -0.302 e. The molecule has 1 heterocycles. The molecule has 0 bridgehead atoms. The van der Waals surface area contributed by atoms with Gasteiger partial charge in [-0.1, -0.05) is 77.6 Å². The van der Waals surface area contributed by atoms with Crippen LogP contribution in [0.5, 0.6) is 0 Å². The van der Waals surface area contributed by atoms with Crippen molar-refractivity contribution in [1.29, 1.82) is 0 Å². The summed E-state index contributed by atoms with van der Waals surface area (Å²) in [6.07, 6.45) is 20.0. The molecule has 1 aliphatic heterocycles. The van der Waals surface area contributed by atoms with E-state index in [1.54, 1.807) is 0 Å². The van der Waals surface area contributed by atoms with E-state index in [1.807, 2.05) is 0 Å². The van der Waals surface area contributed by atoms with Crippen LogP contribution in [0.2, 0.25) is 0 Å². The Morgan fingerprint density at radius 2 is 1.48 bits per heavy atom. The predicted octanol–water partition coefficient (Wildman–Crippen LogP) is 5.35. The first kappa shape index (κ1) is 18.7. The molecule has 0 radical (unpaired) electrons. The fraction of sp³-hybridized carbons (Fsp3) is 0.947. The Bertz CT molecular complexity index is 242. The zero-order chi connectivity index (χ0) is 15.2. The number of hydrogen-bond donors (Lipinski definition) is 0. The third-order valence-electron chi connectivity index (χ3n) is 4.87. The van der Waals surface area contributed by atoms with Crippen LogP contribution in [0.25, 0.3) is 0 Å². The zero-order valence-corrected chi connectivity index (χ0v) is 14.3. The van der Waals surface area contributed by atoms with E-state index in [1.165, 1.54) is 89.8 Å². The lowest BCUT2D eigenvalue weighted by molar-refractivity contribution is -0.112. The molecule has 21 heavy (non-hydrogen) atoms. The van der Waals surface area contributed by atoms with Gasteiger partial charge in [0.05, 0.1) is 6.04 Å². The average molecular weight is 296 g/mol. The highest BCUT2D eigenvalue weighted by Crippen LogP contribution is 2.17. The van der Waals surface area contributed by atoms with Crippen molar-refractivity contribution in [3.05, 3.63) is 0 Å². The molecule has 1 rings (SSSR count). The number of rotatable bonds is 12. The quantitative estimate of drug-likeness (QED) is 0.357. The molecule has 124 valence electrons. The Kier molecular flexibility index (Phi) is 11.8. The van der Waals surface area contributed by atoms with E-state index in [0.29, 0.717) is 0 Å². The van der Waals surface area contributed by atoms with Crippen LogP contribution >= 0.6 is 0 Å². The van der Waals surface area contributed by atoms with Gasteiger partial charge in [-0.15, -0.1) is 0 Å². The van der Waals surface area contributed by atoms with Crippen LogP contribution in [0.15, 0.2) is 0 Å². The van der Waals surface area contributed by atoms with Crippen LogP contribution in [-0.2, 0) is 4.79 Å². The molecule has 0 aliphatic carbocycles. The highest BCUT2D eigenvalue weighted by Gasteiger charge is 2.19. The van der Waals surface area contributed by atoms with Gasteiger partial charge in [0, 0.05) is 0 Å². The van der Waals surface area contributed by atoms with E-state index in [-0.39, 0.29) is 6.04 Å². The highest BCUT2D eigenvalue weighted by molar-refractivity contribution is 5.57. The summed E-state index contributed by atoms with van der Waals surface area (Å²) in [5.74, 6) is 0. The first-order chi connectivity index (χ1) is 10.4. The minimum absolute atomic E-state index is 0.214. The normalized spacial score (nSPS) is 20.3. The number of carbonyl (C=O) groups is 1. The Balaban J connectivity index is 1.94. The summed E-state index contributed by atoms with van der Waals surface area (Å²) in [6.45, 7) is 4.56. The molecular weight excluding hydrogens is 258 g/mol. The third-order valence-corrected chi connectivity index (χ3v) is 4.87. The Morgan fingerprint density at radius 1 is 0.857 bits per heavy atom. The summed E-state index contributed by atoms with van der Waals surface area (Å²) in [7, 11) is 0. The largest absolute Gasteiger partial charge is 0.302 e. The van der Waals surface area contributed by atoms with Gasteiger partial charge in [-0.3, -0.25) is 4.90 Å². The molecule has 1 atom stereocenters. The van der Waals surface area contributed by atoms with Crippen molar-refractivity contribution in [2.45, 2.75) is 103 Å². The van der Waals surface area contributed by atoms with Crippen LogP contribution in [0.3, 0.4) is 0 Å². The standard InChI is InChI=1S/C19H37NO/c1-2-3-4-5-6-7-8-9-10-13-16-20-17-14-11-12-15-19(20)18-21/h18-19H,2-17H2,1H3. The van der Waals surface area contributed by atoms with E-state index in [4.69, 9.17) is 0 Å². The van der Waals surface area contributed by atoms with E-state index in [9.17, 15) is 4.79 Å². The Morgan fingerprint density at radius 3 is 2.10 bits per heavy atom. The second kappa shape index (κ2) is 13.3. The molecule has 0 N–H and O–H groups in total. The van der Waals surface area contributed by atoms with Crippen LogP contribution in [0.4, 0.5) is 0 Å². The number of unbranched alkanes of at least 4 members (excludes halogenated alkanes) is 9. The molecular formula is C19H37NO. The second-order valence-electron chi connectivity index (χ2n) is 6.77. The maximum absolute atomic E-state index is 11.2. The zero-order valence-electron chi connectivity index (χ0n) is 14.3. The van der Waals surface area contributed by atoms with Gasteiger partial charge in [-0.25, -0.2) is 0 Å². The molecule has 0 aromatic carbocycles. The van der Waals surface area contributed by atoms with Crippen molar-refractivity contribution >= 4 is 6.29 Å². The molecule has 0 aromatic rings. The van der Waals surface area contributed by atoms with Crippen LogP contribution in [0, 0.1) is 0 Å². The van der Waals surface area contributed by atoms with Crippen molar-refractivity contribution in [2.75, 3.05) is 13.1 Å². The number of aldehydes is 1. The summed E-state index contributed by atoms with van der Waals surface area (Å²) < 4.78 is 0. The summed E-state index contributed by atoms with van der Waals surface area (Å²) in [6, 6.07) is 0.214. The molecule has 0 saturated carbocycles. The van der Waals surface area contributed by atoms with Crippen LogP contribution < -0.4 is 0 Å². The molecule has 1 aliphatic rings.